The maximum atomic E-state index is 12.9. The predicted molar refractivity (Wildman–Crippen MR) is 111 cm³/mol. The van der Waals surface area contributed by atoms with Crippen molar-refractivity contribution in [3.63, 3.8) is 0 Å². The van der Waals surface area contributed by atoms with Gasteiger partial charge in [0.2, 0.25) is 23.6 Å². The molecular weight excluding hydrogens is 422 g/mol. The summed E-state index contributed by atoms with van der Waals surface area (Å²) in [5.74, 6) is -3.34. The quantitative estimate of drug-likeness (QED) is 0.224. The molecule has 13 nitrogen and oxygen atoms in total. The summed E-state index contributed by atoms with van der Waals surface area (Å²) in [7, 11) is 0. The van der Waals surface area contributed by atoms with Gasteiger partial charge in [0.05, 0.1) is 6.33 Å². The van der Waals surface area contributed by atoms with Gasteiger partial charge in [-0.15, -0.1) is 0 Å². The van der Waals surface area contributed by atoms with Gasteiger partial charge in [-0.3, -0.25) is 19.2 Å². The third-order valence-corrected chi connectivity index (χ3v) is 5.09. The number of nitrogens with zero attached hydrogens (tertiary/aromatic N) is 2. The van der Waals surface area contributed by atoms with Crippen molar-refractivity contribution in [3.8, 4) is 0 Å². The molecule has 0 spiro atoms. The highest BCUT2D eigenvalue weighted by Gasteiger charge is 2.38. The fourth-order valence-electron chi connectivity index (χ4n) is 3.49. The van der Waals surface area contributed by atoms with Crippen LogP contribution in [-0.4, -0.2) is 86.8 Å². The fraction of sp³-hybridized carbons (Fsp3) is 0.579. The highest BCUT2D eigenvalue weighted by molar-refractivity contribution is 5.95. The molecule has 1 aliphatic rings. The van der Waals surface area contributed by atoms with Crippen LogP contribution in [0, 0.1) is 0 Å². The first kappa shape index (κ1) is 24.8. The van der Waals surface area contributed by atoms with Gasteiger partial charge in [0.15, 0.2) is 0 Å². The van der Waals surface area contributed by atoms with Gasteiger partial charge in [0.1, 0.15) is 24.2 Å². The number of carbonyl (C=O) groups excluding carboxylic acids is 4. The molecule has 0 unspecified atom stereocenters. The zero-order valence-corrected chi connectivity index (χ0v) is 18.0. The largest absolute Gasteiger partial charge is 0.480 e. The summed E-state index contributed by atoms with van der Waals surface area (Å²) in [5.41, 5.74) is 6.04. The van der Waals surface area contributed by atoms with E-state index < -0.39 is 53.8 Å². The molecule has 1 fully saturated rings. The normalized spacial score (nSPS) is 18.3. The summed E-state index contributed by atoms with van der Waals surface area (Å²) in [6, 6.07) is -4.01. The lowest BCUT2D eigenvalue weighted by Gasteiger charge is -2.28. The highest BCUT2D eigenvalue weighted by atomic mass is 16.4. The number of carboxylic acids is 1. The number of likely N-dealkylation sites (tertiary alicyclic amines) is 1. The van der Waals surface area contributed by atoms with Gasteiger partial charge in [-0.05, 0) is 19.8 Å². The smallest absolute Gasteiger partial charge is 0.326 e. The SMILES string of the molecule is CC(=O)N[C@@H](CN)C(=O)N[C@H](C)C(=O)N1CCC[C@H]1C(=O)N[C@@H](Cc1cnc[nH]1)C(=O)O. The Morgan fingerprint density at radius 1 is 1.25 bits per heavy atom. The first-order valence-electron chi connectivity index (χ1n) is 10.2. The van der Waals surface area contributed by atoms with Crippen LogP contribution in [0.3, 0.4) is 0 Å². The lowest BCUT2D eigenvalue weighted by Crippen LogP contribution is -2.57. The number of nitrogens with one attached hydrogen (secondary N) is 4. The van der Waals surface area contributed by atoms with E-state index in [-0.39, 0.29) is 13.0 Å². The number of hydrogen-bond acceptors (Lipinski definition) is 7. The van der Waals surface area contributed by atoms with E-state index in [9.17, 15) is 29.1 Å². The molecule has 0 bridgehead atoms. The number of nitrogens with two attached hydrogens (primary N) is 1. The average Bonchev–Trinajstić information content (AvgIpc) is 3.42. The Labute approximate surface area is 184 Å². The first-order chi connectivity index (χ1) is 15.1. The van der Waals surface area contributed by atoms with Crippen LogP contribution in [-0.2, 0) is 30.4 Å². The van der Waals surface area contributed by atoms with Gasteiger partial charge in [0.25, 0.3) is 0 Å². The minimum Gasteiger partial charge on any atom is -0.480 e. The minimum atomic E-state index is -1.21. The van der Waals surface area contributed by atoms with Crippen LogP contribution >= 0.6 is 0 Å². The Morgan fingerprint density at radius 2 is 1.97 bits per heavy atom. The number of amides is 4. The van der Waals surface area contributed by atoms with Crippen LogP contribution in [0.2, 0.25) is 0 Å². The van der Waals surface area contributed by atoms with Crippen LogP contribution in [0.15, 0.2) is 12.5 Å². The van der Waals surface area contributed by atoms with Crippen molar-refractivity contribution in [3.05, 3.63) is 18.2 Å². The lowest BCUT2D eigenvalue weighted by atomic mass is 10.1. The number of hydrogen-bond donors (Lipinski definition) is 6. The molecule has 32 heavy (non-hydrogen) atoms. The van der Waals surface area contributed by atoms with Gasteiger partial charge in [-0.25, -0.2) is 9.78 Å². The summed E-state index contributed by atoms with van der Waals surface area (Å²) in [6.45, 7) is 2.86. The molecular formula is C19H29N7O6. The molecule has 4 atom stereocenters. The van der Waals surface area contributed by atoms with Crippen LogP contribution in [0.5, 0.6) is 0 Å². The molecule has 0 saturated carbocycles. The number of aliphatic carboxylic acids is 1. The number of carbonyl (C=O) groups is 5. The summed E-state index contributed by atoms with van der Waals surface area (Å²) in [5, 5.41) is 16.8. The van der Waals surface area contributed by atoms with E-state index in [1.165, 1.54) is 31.3 Å². The molecule has 1 aromatic rings. The van der Waals surface area contributed by atoms with Crippen molar-refractivity contribution < 1.29 is 29.1 Å². The van der Waals surface area contributed by atoms with E-state index in [4.69, 9.17) is 5.73 Å². The average molecular weight is 451 g/mol. The van der Waals surface area contributed by atoms with Gasteiger partial charge >= 0.3 is 5.97 Å². The van der Waals surface area contributed by atoms with Gasteiger partial charge < -0.3 is 36.7 Å². The summed E-state index contributed by atoms with van der Waals surface area (Å²) < 4.78 is 0. The Balaban J connectivity index is 2.00. The molecule has 0 aromatic carbocycles. The predicted octanol–water partition coefficient (Wildman–Crippen LogP) is -2.52. The number of imidazole rings is 1. The highest BCUT2D eigenvalue weighted by Crippen LogP contribution is 2.19. The second kappa shape index (κ2) is 11.2. The number of carboxylic acid groups (broad SMARTS) is 1. The molecule has 0 radical (unpaired) electrons. The van der Waals surface area contributed by atoms with Crippen molar-refractivity contribution in [2.24, 2.45) is 5.73 Å². The second-order valence-electron chi connectivity index (χ2n) is 7.59. The lowest BCUT2D eigenvalue weighted by molar-refractivity contribution is -0.144. The summed E-state index contributed by atoms with van der Waals surface area (Å²) >= 11 is 0. The van der Waals surface area contributed by atoms with Crippen molar-refractivity contribution in [2.45, 2.75) is 57.3 Å². The Kier molecular flexibility index (Phi) is 8.70. The molecule has 1 aromatic heterocycles. The van der Waals surface area contributed by atoms with Gasteiger partial charge in [-0.1, -0.05) is 0 Å². The zero-order valence-electron chi connectivity index (χ0n) is 18.0. The third kappa shape index (κ3) is 6.51. The monoisotopic (exact) mass is 451 g/mol. The van der Waals surface area contributed by atoms with E-state index in [1.807, 2.05) is 0 Å². The Hall–Kier alpha value is -3.48. The molecule has 2 rings (SSSR count). The number of aromatic amines is 1. The molecule has 1 aliphatic heterocycles. The van der Waals surface area contributed by atoms with E-state index in [1.54, 1.807) is 0 Å². The van der Waals surface area contributed by atoms with Crippen molar-refractivity contribution in [2.75, 3.05) is 13.1 Å². The summed E-state index contributed by atoms with van der Waals surface area (Å²) in [6.07, 6.45) is 3.81. The number of H-pyrrole nitrogens is 1. The van der Waals surface area contributed by atoms with Crippen LogP contribution in [0.4, 0.5) is 0 Å². The van der Waals surface area contributed by atoms with E-state index >= 15 is 0 Å². The molecule has 1 saturated heterocycles. The van der Waals surface area contributed by atoms with Crippen molar-refractivity contribution >= 4 is 29.6 Å². The Bertz CT molecular complexity index is 843. The topological polar surface area (TPSA) is 200 Å². The fourth-order valence-corrected chi connectivity index (χ4v) is 3.49. The molecule has 4 amide bonds. The van der Waals surface area contributed by atoms with Crippen LogP contribution in [0.25, 0.3) is 0 Å². The maximum absolute atomic E-state index is 12.9. The second-order valence-corrected chi connectivity index (χ2v) is 7.59. The molecule has 176 valence electrons. The Morgan fingerprint density at radius 3 is 2.53 bits per heavy atom. The molecule has 0 aliphatic carbocycles. The standard InChI is InChI=1S/C19H29N7O6/c1-10(23-16(28)14(7-20)24-11(2)27)18(30)26-5-3-4-15(26)17(29)25-13(19(31)32)6-12-8-21-9-22-12/h8-10,13-15H,3-7,20H2,1-2H3,(H,21,22)(H,23,28)(H,24,27)(H,25,29)(H,31,32)/t10-,13+,14+,15+/m1/s1. The van der Waals surface area contributed by atoms with Crippen LogP contribution < -0.4 is 21.7 Å². The van der Waals surface area contributed by atoms with E-state index in [0.717, 1.165) is 0 Å². The van der Waals surface area contributed by atoms with Gasteiger partial charge in [0, 0.05) is 38.3 Å². The molecule has 7 N–H and O–H groups in total. The minimum absolute atomic E-state index is 0.0117. The van der Waals surface area contributed by atoms with Gasteiger partial charge in [-0.2, -0.15) is 0 Å². The third-order valence-electron chi connectivity index (χ3n) is 5.09. The van der Waals surface area contributed by atoms with Crippen molar-refractivity contribution in [1.82, 2.24) is 30.8 Å². The molecule has 13 heteroatoms. The van der Waals surface area contributed by atoms with E-state index in [0.29, 0.717) is 25.1 Å². The van der Waals surface area contributed by atoms with Crippen molar-refractivity contribution in [1.29, 1.82) is 0 Å². The maximum Gasteiger partial charge on any atom is 0.326 e. The molecule has 2 heterocycles. The number of rotatable bonds is 10. The summed E-state index contributed by atoms with van der Waals surface area (Å²) in [4.78, 5) is 68.7. The number of aromatic nitrogens is 2. The van der Waals surface area contributed by atoms with Crippen LogP contribution in [0.1, 0.15) is 32.4 Å². The first-order valence-corrected chi connectivity index (χ1v) is 10.2. The zero-order chi connectivity index (χ0) is 23.8. The van der Waals surface area contributed by atoms with E-state index in [2.05, 4.69) is 25.9 Å².